The number of hydrogen-bond acceptors (Lipinski definition) is 4. The van der Waals surface area contributed by atoms with Crippen LogP contribution in [0.3, 0.4) is 0 Å². The van der Waals surface area contributed by atoms with Gasteiger partial charge in [-0.25, -0.2) is 4.79 Å². The van der Waals surface area contributed by atoms with E-state index in [0.717, 1.165) is 19.3 Å². The van der Waals surface area contributed by atoms with Crippen molar-refractivity contribution in [2.24, 2.45) is 0 Å². The molecule has 0 saturated heterocycles. The zero-order valence-corrected chi connectivity index (χ0v) is 12.5. The monoisotopic (exact) mass is 246 g/mol. The smallest absolute Gasteiger partial charge is 0.333 e. The van der Waals surface area contributed by atoms with Gasteiger partial charge in [0.2, 0.25) is 0 Å². The van der Waals surface area contributed by atoms with E-state index in [0.29, 0.717) is 29.3 Å². The van der Waals surface area contributed by atoms with Crippen LogP contribution in [0.15, 0.2) is 12.2 Å². The molecule has 0 aromatic carbocycles. The average Bonchev–Trinajstić information content (AvgIpc) is 2.26. The Morgan fingerprint density at radius 2 is 1.94 bits per heavy atom. The molecular weight excluding hydrogens is 224 g/mol. The largest absolute Gasteiger partial charge is 0.462 e. The molecule has 1 unspecified atom stereocenters. The number of carbonyl (C=O) groups excluding carboxylic acids is 1. The lowest BCUT2D eigenvalue weighted by atomic mass is 10.2. The zero-order valence-electron chi connectivity index (χ0n) is 10.5. The Morgan fingerprint density at radius 1 is 1.31 bits per heavy atom. The number of rotatable bonds is 9. The third kappa shape index (κ3) is 8.64. The summed E-state index contributed by atoms with van der Waals surface area (Å²) in [7, 11) is 0.698. The van der Waals surface area contributed by atoms with E-state index in [1.54, 1.807) is 6.92 Å². The van der Waals surface area contributed by atoms with Gasteiger partial charge in [0.15, 0.2) is 0 Å². The summed E-state index contributed by atoms with van der Waals surface area (Å²) in [4.78, 5) is 11.0. The average molecular weight is 246 g/mol. The van der Waals surface area contributed by atoms with Crippen molar-refractivity contribution >= 4 is 16.5 Å². The van der Waals surface area contributed by atoms with Crippen LogP contribution in [0.4, 0.5) is 0 Å². The Hall–Kier alpha value is -0.653. The van der Waals surface area contributed by atoms with Crippen molar-refractivity contribution in [2.75, 3.05) is 13.2 Å². The molecule has 16 heavy (non-hydrogen) atoms. The molecule has 5 heteroatoms. The number of carbonyl (C=O) groups is 1. The summed E-state index contributed by atoms with van der Waals surface area (Å²) >= 11 is 0. The van der Waals surface area contributed by atoms with Crippen molar-refractivity contribution < 1.29 is 18.7 Å². The van der Waals surface area contributed by atoms with Crippen molar-refractivity contribution in [3.8, 4) is 0 Å². The van der Waals surface area contributed by atoms with Gasteiger partial charge in [0.1, 0.15) is 16.8 Å². The minimum absolute atomic E-state index is 0.0899. The van der Waals surface area contributed by atoms with Crippen molar-refractivity contribution in [3.63, 3.8) is 0 Å². The van der Waals surface area contributed by atoms with Crippen LogP contribution >= 0.6 is 0 Å². The van der Waals surface area contributed by atoms with Gasteiger partial charge in [0, 0.05) is 12.2 Å². The maximum Gasteiger partial charge on any atom is 0.333 e. The molecule has 0 aromatic heterocycles. The van der Waals surface area contributed by atoms with Gasteiger partial charge in [0.25, 0.3) is 0 Å². The molecular formula is C11H22O4Si. The fourth-order valence-electron chi connectivity index (χ4n) is 0.986. The summed E-state index contributed by atoms with van der Waals surface area (Å²) in [5.74, 6) is -0.311. The Kier molecular flexibility index (Phi) is 9.17. The normalized spacial score (nSPS) is 12.4. The van der Waals surface area contributed by atoms with E-state index in [4.69, 9.17) is 13.9 Å². The SMILES string of the molecule is C=C(C)C(=O)OCCCCCOC(C)O[SiH3]. The van der Waals surface area contributed by atoms with E-state index in [1.165, 1.54) is 0 Å². The van der Waals surface area contributed by atoms with Gasteiger partial charge in [-0.15, -0.1) is 0 Å². The molecule has 0 radical (unpaired) electrons. The van der Waals surface area contributed by atoms with E-state index in [2.05, 4.69) is 6.58 Å². The highest BCUT2D eigenvalue weighted by atomic mass is 28.2. The molecule has 0 amide bonds. The molecule has 1 atom stereocenters. The van der Waals surface area contributed by atoms with Gasteiger partial charge in [-0.3, -0.25) is 0 Å². The number of esters is 1. The van der Waals surface area contributed by atoms with Crippen LogP contribution in [0.1, 0.15) is 33.1 Å². The summed E-state index contributed by atoms with van der Waals surface area (Å²) in [5.41, 5.74) is 0.446. The van der Waals surface area contributed by atoms with Gasteiger partial charge >= 0.3 is 5.97 Å². The van der Waals surface area contributed by atoms with Crippen LogP contribution in [0.25, 0.3) is 0 Å². The summed E-state index contributed by atoms with van der Waals surface area (Å²) in [6.07, 6.45) is 2.71. The minimum atomic E-state index is -0.311. The Bertz CT molecular complexity index is 218. The predicted molar refractivity (Wildman–Crippen MR) is 66.1 cm³/mol. The molecule has 0 rings (SSSR count). The van der Waals surface area contributed by atoms with E-state index >= 15 is 0 Å². The molecule has 0 bridgehead atoms. The van der Waals surface area contributed by atoms with Gasteiger partial charge in [-0.2, -0.15) is 0 Å². The summed E-state index contributed by atoms with van der Waals surface area (Å²) in [6.45, 7) is 8.19. The van der Waals surface area contributed by atoms with Crippen molar-refractivity contribution in [3.05, 3.63) is 12.2 Å². The third-order valence-electron chi connectivity index (χ3n) is 2.05. The van der Waals surface area contributed by atoms with E-state index in [1.807, 2.05) is 6.92 Å². The summed E-state index contributed by atoms with van der Waals surface area (Å²) in [6, 6.07) is 0. The van der Waals surface area contributed by atoms with Crippen molar-refractivity contribution in [1.82, 2.24) is 0 Å². The first-order valence-corrected chi connectivity index (χ1v) is 6.36. The molecule has 0 aliphatic carbocycles. The highest BCUT2D eigenvalue weighted by Crippen LogP contribution is 2.00. The van der Waals surface area contributed by atoms with E-state index < -0.39 is 0 Å². The highest BCUT2D eigenvalue weighted by Gasteiger charge is 2.02. The van der Waals surface area contributed by atoms with Gasteiger partial charge in [-0.05, 0) is 33.1 Å². The van der Waals surface area contributed by atoms with Gasteiger partial charge < -0.3 is 13.9 Å². The molecule has 0 aliphatic heterocycles. The zero-order chi connectivity index (χ0) is 12.4. The molecule has 0 spiro atoms. The van der Waals surface area contributed by atoms with Gasteiger partial charge in [0.05, 0.1) is 6.61 Å². The molecule has 0 saturated carbocycles. The second kappa shape index (κ2) is 9.56. The minimum Gasteiger partial charge on any atom is -0.462 e. The van der Waals surface area contributed by atoms with E-state index in [-0.39, 0.29) is 12.3 Å². The molecule has 0 N–H and O–H groups in total. The van der Waals surface area contributed by atoms with Crippen LogP contribution in [0, 0.1) is 0 Å². The Morgan fingerprint density at radius 3 is 2.50 bits per heavy atom. The number of ether oxygens (including phenoxy) is 2. The molecule has 0 fully saturated rings. The molecule has 0 aromatic rings. The van der Waals surface area contributed by atoms with Crippen LogP contribution in [-0.4, -0.2) is 36.0 Å². The second-order valence-corrected chi connectivity index (χ2v) is 4.12. The Labute approximate surface area is 100 Å². The fraction of sp³-hybridized carbons (Fsp3) is 0.727. The fourth-order valence-corrected chi connectivity index (χ4v) is 1.12. The van der Waals surface area contributed by atoms with Crippen molar-refractivity contribution in [1.29, 1.82) is 0 Å². The maximum atomic E-state index is 11.0. The molecule has 0 aliphatic rings. The molecule has 0 heterocycles. The van der Waals surface area contributed by atoms with Crippen LogP contribution in [-0.2, 0) is 18.7 Å². The lowest BCUT2D eigenvalue weighted by Crippen LogP contribution is -2.12. The van der Waals surface area contributed by atoms with Crippen LogP contribution in [0.2, 0.25) is 0 Å². The molecule has 4 nitrogen and oxygen atoms in total. The first kappa shape index (κ1) is 15.3. The van der Waals surface area contributed by atoms with Crippen molar-refractivity contribution in [2.45, 2.75) is 39.4 Å². The molecule has 94 valence electrons. The third-order valence-corrected chi connectivity index (χ3v) is 2.72. The summed E-state index contributed by atoms with van der Waals surface area (Å²) in [5, 5.41) is 0. The number of hydrogen-bond donors (Lipinski definition) is 0. The van der Waals surface area contributed by atoms with E-state index in [9.17, 15) is 4.79 Å². The van der Waals surface area contributed by atoms with Crippen LogP contribution < -0.4 is 0 Å². The number of unbranched alkanes of at least 4 members (excludes halogenated alkanes) is 2. The standard InChI is InChI=1S/C11H22O4Si/c1-9(2)11(12)14-8-6-4-5-7-13-10(3)15-16/h10H,1,4-8H2,2-3,16H3. The maximum absolute atomic E-state index is 11.0. The van der Waals surface area contributed by atoms with Crippen LogP contribution in [0.5, 0.6) is 0 Å². The second-order valence-electron chi connectivity index (χ2n) is 3.65. The van der Waals surface area contributed by atoms with Gasteiger partial charge in [-0.1, -0.05) is 6.58 Å². The quantitative estimate of drug-likeness (QED) is 0.200. The predicted octanol–water partition coefficient (Wildman–Crippen LogP) is 0.936. The first-order valence-electron chi connectivity index (χ1n) is 5.55. The highest BCUT2D eigenvalue weighted by molar-refractivity contribution is 5.98. The summed E-state index contributed by atoms with van der Waals surface area (Å²) < 4.78 is 15.4. The lowest BCUT2D eigenvalue weighted by Gasteiger charge is -2.11. The first-order chi connectivity index (χ1) is 7.57. The Balaban J connectivity index is 3.22. The lowest BCUT2D eigenvalue weighted by molar-refractivity contribution is -0.139. The topological polar surface area (TPSA) is 44.8 Å².